The number of alkyl halides is 4. The molecule has 0 atom stereocenters. The number of nitrogens with one attached hydrogen (secondary N) is 1. The van der Waals surface area contributed by atoms with Crippen LogP contribution in [-0.4, -0.2) is 44.7 Å². The first-order valence-corrected chi connectivity index (χ1v) is 8.68. The van der Waals surface area contributed by atoms with Gasteiger partial charge in [0.15, 0.2) is 11.6 Å². The molecular formula is C18H16F4N6O. The summed E-state index contributed by atoms with van der Waals surface area (Å²) in [6, 6.07) is 5.57. The van der Waals surface area contributed by atoms with Gasteiger partial charge in [0.05, 0.1) is 24.0 Å². The summed E-state index contributed by atoms with van der Waals surface area (Å²) in [5.74, 6) is -5.79. The molecule has 0 aromatic carbocycles. The van der Waals surface area contributed by atoms with E-state index in [1.165, 1.54) is 47.0 Å². The van der Waals surface area contributed by atoms with Gasteiger partial charge in [-0.3, -0.25) is 4.79 Å². The average molecular weight is 408 g/mol. The Balaban J connectivity index is 1.87. The molecule has 7 nitrogen and oxygen atoms in total. The van der Waals surface area contributed by atoms with E-state index < -0.39 is 30.6 Å². The van der Waals surface area contributed by atoms with E-state index in [1.54, 1.807) is 0 Å². The summed E-state index contributed by atoms with van der Waals surface area (Å²) in [5, 5.41) is 7.30. The normalized spacial score (nSPS) is 16.0. The molecule has 1 aliphatic heterocycles. The SMILES string of the molecule is CC(=O)Nc1cc2c(cn1)c(N1CC(F)(F)C1)nn2-c1cccc(C(C)(F)F)n1. The maximum absolute atomic E-state index is 13.7. The minimum absolute atomic E-state index is 0.0903. The van der Waals surface area contributed by atoms with Crippen LogP contribution in [0, 0.1) is 0 Å². The average Bonchev–Trinajstić information content (AvgIpc) is 2.97. The fourth-order valence-electron chi connectivity index (χ4n) is 3.10. The highest BCUT2D eigenvalue weighted by Crippen LogP contribution is 2.36. The highest BCUT2D eigenvalue weighted by Gasteiger charge is 2.45. The number of carbonyl (C=O) groups is 1. The first-order valence-electron chi connectivity index (χ1n) is 8.68. The summed E-state index contributed by atoms with van der Waals surface area (Å²) in [6.07, 6.45) is 1.40. The van der Waals surface area contributed by atoms with Gasteiger partial charge < -0.3 is 10.2 Å². The smallest absolute Gasteiger partial charge is 0.287 e. The topological polar surface area (TPSA) is 75.9 Å². The van der Waals surface area contributed by atoms with Gasteiger partial charge in [0.25, 0.3) is 11.8 Å². The van der Waals surface area contributed by atoms with Crippen LogP contribution in [0.1, 0.15) is 19.5 Å². The van der Waals surface area contributed by atoms with Gasteiger partial charge >= 0.3 is 0 Å². The predicted molar refractivity (Wildman–Crippen MR) is 97.7 cm³/mol. The molecule has 0 spiro atoms. The van der Waals surface area contributed by atoms with E-state index >= 15 is 0 Å². The molecular weight excluding hydrogens is 392 g/mol. The first-order chi connectivity index (χ1) is 13.5. The lowest BCUT2D eigenvalue weighted by Gasteiger charge is -2.38. The molecule has 1 fully saturated rings. The minimum atomic E-state index is -3.16. The fraction of sp³-hybridized carbons (Fsp3) is 0.333. The highest BCUT2D eigenvalue weighted by molar-refractivity contribution is 5.95. The summed E-state index contributed by atoms with van der Waals surface area (Å²) in [4.78, 5) is 20.8. The third-order valence-corrected chi connectivity index (χ3v) is 4.40. The monoisotopic (exact) mass is 408 g/mol. The van der Waals surface area contributed by atoms with Crippen LogP contribution in [0.25, 0.3) is 16.7 Å². The van der Waals surface area contributed by atoms with Gasteiger partial charge in [-0.1, -0.05) is 6.07 Å². The van der Waals surface area contributed by atoms with Crippen molar-refractivity contribution in [3.63, 3.8) is 0 Å². The van der Waals surface area contributed by atoms with Crippen molar-refractivity contribution in [3.05, 3.63) is 36.2 Å². The van der Waals surface area contributed by atoms with E-state index in [1.807, 2.05) is 0 Å². The van der Waals surface area contributed by atoms with Gasteiger partial charge in [-0.05, 0) is 12.1 Å². The molecule has 152 valence electrons. The molecule has 4 rings (SSSR count). The molecule has 11 heteroatoms. The Hall–Kier alpha value is -3.24. The molecule has 0 radical (unpaired) electrons. The maximum atomic E-state index is 13.7. The number of fused-ring (bicyclic) bond motifs is 1. The van der Waals surface area contributed by atoms with Crippen LogP contribution in [0.4, 0.5) is 29.2 Å². The summed E-state index contributed by atoms with van der Waals surface area (Å²) in [7, 11) is 0. The van der Waals surface area contributed by atoms with E-state index in [9.17, 15) is 22.4 Å². The molecule has 0 aliphatic carbocycles. The number of amides is 1. The predicted octanol–water partition coefficient (Wildman–Crippen LogP) is 3.34. The highest BCUT2D eigenvalue weighted by atomic mass is 19.3. The zero-order chi connectivity index (χ0) is 21.0. The van der Waals surface area contributed by atoms with Crippen molar-refractivity contribution in [2.75, 3.05) is 23.3 Å². The van der Waals surface area contributed by atoms with Gasteiger partial charge in [0.2, 0.25) is 5.91 Å². The summed E-state index contributed by atoms with van der Waals surface area (Å²) in [5.41, 5.74) is -0.0649. The van der Waals surface area contributed by atoms with Crippen LogP contribution in [0.3, 0.4) is 0 Å². The van der Waals surface area contributed by atoms with E-state index in [0.29, 0.717) is 10.9 Å². The molecule has 1 N–H and O–H groups in total. The number of nitrogens with zero attached hydrogens (tertiary/aromatic N) is 5. The van der Waals surface area contributed by atoms with Gasteiger partial charge in [0.1, 0.15) is 11.5 Å². The Morgan fingerprint density at radius 1 is 1.28 bits per heavy atom. The number of hydrogen-bond donors (Lipinski definition) is 1. The van der Waals surface area contributed by atoms with Crippen molar-refractivity contribution in [3.8, 4) is 5.82 Å². The van der Waals surface area contributed by atoms with Crippen molar-refractivity contribution >= 4 is 28.4 Å². The van der Waals surface area contributed by atoms with Crippen molar-refractivity contribution in [2.24, 2.45) is 0 Å². The number of rotatable bonds is 4. The third-order valence-electron chi connectivity index (χ3n) is 4.40. The second kappa shape index (κ2) is 6.39. The molecule has 4 heterocycles. The number of carbonyl (C=O) groups excluding carboxylic acids is 1. The number of aromatic nitrogens is 4. The molecule has 3 aromatic rings. The zero-order valence-electron chi connectivity index (χ0n) is 15.5. The molecule has 0 saturated carbocycles. The number of anilines is 2. The lowest BCUT2D eigenvalue weighted by molar-refractivity contribution is -0.114. The Bertz CT molecular complexity index is 1100. The molecule has 1 aliphatic rings. The molecule has 1 saturated heterocycles. The molecule has 3 aromatic heterocycles. The minimum Gasteiger partial charge on any atom is -0.342 e. The Kier molecular flexibility index (Phi) is 4.21. The lowest BCUT2D eigenvalue weighted by Crippen LogP contribution is -2.56. The quantitative estimate of drug-likeness (QED) is 0.671. The standard InChI is InChI=1S/C18H16F4N6O/c1-10(29)24-14-6-12-11(7-23-14)16(27-8-18(21,22)9-27)26-28(12)15-5-3-4-13(25-15)17(2,19)20/h3-7H,8-9H2,1-2H3,(H,23,24,29). The summed E-state index contributed by atoms with van der Waals surface area (Å²) in [6.45, 7) is 1.03. The van der Waals surface area contributed by atoms with Crippen molar-refractivity contribution in [1.29, 1.82) is 0 Å². The van der Waals surface area contributed by atoms with Crippen LogP contribution >= 0.6 is 0 Å². The van der Waals surface area contributed by atoms with Crippen LogP contribution in [0.15, 0.2) is 30.5 Å². The Labute approximate surface area is 162 Å². The van der Waals surface area contributed by atoms with Crippen molar-refractivity contribution in [2.45, 2.75) is 25.7 Å². The van der Waals surface area contributed by atoms with Gasteiger partial charge in [-0.2, -0.15) is 8.78 Å². The first kappa shape index (κ1) is 19.1. The van der Waals surface area contributed by atoms with E-state index in [4.69, 9.17) is 0 Å². The molecule has 0 bridgehead atoms. The van der Waals surface area contributed by atoms with Crippen LogP contribution in [-0.2, 0) is 10.7 Å². The second-order valence-corrected chi connectivity index (χ2v) is 6.98. The molecule has 29 heavy (non-hydrogen) atoms. The van der Waals surface area contributed by atoms with E-state index in [-0.39, 0.29) is 23.4 Å². The van der Waals surface area contributed by atoms with E-state index in [2.05, 4.69) is 20.4 Å². The largest absolute Gasteiger partial charge is 0.342 e. The fourth-order valence-corrected chi connectivity index (χ4v) is 3.10. The Morgan fingerprint density at radius 2 is 2.00 bits per heavy atom. The third kappa shape index (κ3) is 3.59. The van der Waals surface area contributed by atoms with Gasteiger partial charge in [0, 0.05) is 26.1 Å². The number of hydrogen-bond acceptors (Lipinski definition) is 5. The van der Waals surface area contributed by atoms with E-state index in [0.717, 1.165) is 6.92 Å². The summed E-state index contributed by atoms with van der Waals surface area (Å²) < 4.78 is 55.4. The number of pyridine rings is 2. The van der Waals surface area contributed by atoms with Crippen LogP contribution in [0.2, 0.25) is 0 Å². The number of halogens is 4. The van der Waals surface area contributed by atoms with Crippen LogP contribution < -0.4 is 10.2 Å². The van der Waals surface area contributed by atoms with Crippen molar-refractivity contribution < 1.29 is 22.4 Å². The van der Waals surface area contributed by atoms with Gasteiger partial charge in [-0.25, -0.2) is 23.4 Å². The lowest BCUT2D eigenvalue weighted by atomic mass is 10.1. The molecule has 0 unspecified atom stereocenters. The van der Waals surface area contributed by atoms with Gasteiger partial charge in [-0.15, -0.1) is 5.10 Å². The van der Waals surface area contributed by atoms with Crippen molar-refractivity contribution in [1.82, 2.24) is 19.7 Å². The summed E-state index contributed by atoms with van der Waals surface area (Å²) >= 11 is 0. The maximum Gasteiger partial charge on any atom is 0.287 e. The zero-order valence-corrected chi connectivity index (χ0v) is 15.5. The second-order valence-electron chi connectivity index (χ2n) is 6.98. The Morgan fingerprint density at radius 3 is 2.62 bits per heavy atom. The van der Waals surface area contributed by atoms with Crippen LogP contribution in [0.5, 0.6) is 0 Å². The molecule has 1 amide bonds.